The zero-order chi connectivity index (χ0) is 15.1. The predicted molar refractivity (Wildman–Crippen MR) is 114 cm³/mol. The van der Waals surface area contributed by atoms with Gasteiger partial charge in [0, 0.05) is 0 Å². The third kappa shape index (κ3) is 3.90. The molecule has 4 aliphatic heterocycles. The molecule has 0 nitrogen and oxygen atoms in total. The summed E-state index contributed by atoms with van der Waals surface area (Å²) in [7, 11) is 0. The molecule has 0 amide bonds. The van der Waals surface area contributed by atoms with Gasteiger partial charge in [-0.05, 0) is 0 Å². The van der Waals surface area contributed by atoms with Crippen LogP contribution in [0.5, 0.6) is 0 Å². The molecular formula is C12H8S4Se6. The Balaban J connectivity index is 1.47. The van der Waals surface area contributed by atoms with Crippen LogP contribution >= 0.6 is 47.0 Å². The summed E-state index contributed by atoms with van der Waals surface area (Å²) >= 11 is 12.4. The van der Waals surface area contributed by atoms with Gasteiger partial charge < -0.3 is 0 Å². The van der Waals surface area contributed by atoms with Crippen LogP contribution in [-0.4, -0.2) is 102 Å². The molecule has 0 N–H and O–H groups in total. The SMILES string of the molecule is CSC1=C(SC)[Se]C(=C2[Se]C3=C(SC(=C4[Se]C=C[Se]4)S3)[Se]2)[Se]1. The fraction of sp³-hybridized carbons (Fsp3) is 0.167. The van der Waals surface area contributed by atoms with Crippen molar-refractivity contribution in [2.24, 2.45) is 0 Å². The van der Waals surface area contributed by atoms with Gasteiger partial charge >= 0.3 is 189 Å². The summed E-state index contributed by atoms with van der Waals surface area (Å²) < 4.78 is 14.4. The van der Waals surface area contributed by atoms with Crippen LogP contribution in [0.25, 0.3) is 0 Å². The van der Waals surface area contributed by atoms with E-state index in [1.54, 1.807) is 22.8 Å². The van der Waals surface area contributed by atoms with Crippen molar-refractivity contribution in [3.8, 4) is 0 Å². The number of hydrogen-bond acceptors (Lipinski definition) is 4. The molecular weight excluding hydrogens is 746 g/mol. The van der Waals surface area contributed by atoms with Gasteiger partial charge in [-0.3, -0.25) is 0 Å². The summed E-state index contributed by atoms with van der Waals surface area (Å²) in [5.41, 5.74) is 0. The molecule has 10 heteroatoms. The Hall–Kier alpha value is 3.22. The van der Waals surface area contributed by atoms with E-state index in [1.807, 2.05) is 30.3 Å². The first kappa shape index (κ1) is 18.6. The average Bonchev–Trinajstić information content (AvgIpc) is 3.26. The van der Waals surface area contributed by atoms with Crippen molar-refractivity contribution in [3.63, 3.8) is 0 Å². The second-order valence-electron chi connectivity index (χ2n) is 3.83. The Morgan fingerprint density at radius 2 is 1.23 bits per heavy atom. The molecule has 0 saturated carbocycles. The molecule has 0 bridgehead atoms. The number of rotatable bonds is 2. The summed E-state index contributed by atoms with van der Waals surface area (Å²) in [5, 5.41) is 0. The van der Waals surface area contributed by atoms with Crippen LogP contribution in [0.2, 0.25) is 0 Å². The first-order valence-corrected chi connectivity index (χ1v) is 20.5. The molecule has 0 radical (unpaired) electrons. The van der Waals surface area contributed by atoms with E-state index in [0.717, 1.165) is 0 Å². The van der Waals surface area contributed by atoms with Crippen LogP contribution in [0.15, 0.2) is 39.5 Å². The second kappa shape index (κ2) is 8.49. The predicted octanol–water partition coefficient (Wildman–Crippen LogP) is 2.44. The topological polar surface area (TPSA) is 0 Å². The van der Waals surface area contributed by atoms with E-state index in [4.69, 9.17) is 0 Å². The van der Waals surface area contributed by atoms with Crippen molar-refractivity contribution in [1.82, 2.24) is 0 Å². The van der Waals surface area contributed by atoms with Gasteiger partial charge in [-0.25, -0.2) is 0 Å². The summed E-state index contributed by atoms with van der Waals surface area (Å²) in [6.07, 6.45) is 4.53. The van der Waals surface area contributed by atoms with E-state index in [1.165, 1.54) is 0 Å². The van der Waals surface area contributed by atoms with Gasteiger partial charge in [0.25, 0.3) is 0 Å². The van der Waals surface area contributed by atoms with Crippen molar-refractivity contribution in [1.29, 1.82) is 0 Å². The van der Waals surface area contributed by atoms with Gasteiger partial charge in [0.05, 0.1) is 0 Å². The van der Waals surface area contributed by atoms with Crippen LogP contribution in [0.1, 0.15) is 0 Å². The van der Waals surface area contributed by atoms with Gasteiger partial charge in [0.15, 0.2) is 0 Å². The van der Waals surface area contributed by atoms with Crippen molar-refractivity contribution in [3.05, 3.63) is 39.5 Å². The van der Waals surface area contributed by atoms with Crippen molar-refractivity contribution in [2.75, 3.05) is 12.5 Å². The Bertz CT molecular complexity index is 640. The molecule has 4 aliphatic rings. The molecule has 4 heterocycles. The fourth-order valence-corrected chi connectivity index (χ4v) is 33.6. The van der Waals surface area contributed by atoms with Gasteiger partial charge in [-0.15, -0.1) is 0 Å². The number of hydrogen-bond donors (Lipinski definition) is 0. The van der Waals surface area contributed by atoms with Crippen LogP contribution in [-0.2, 0) is 0 Å². The third-order valence-electron chi connectivity index (χ3n) is 2.56. The van der Waals surface area contributed by atoms with Crippen LogP contribution in [0, 0.1) is 0 Å². The maximum atomic E-state index is 2.42. The van der Waals surface area contributed by atoms with Crippen molar-refractivity contribution in [2.45, 2.75) is 0 Å². The first-order valence-electron chi connectivity index (χ1n) is 5.89. The standard InChI is InChI=1S/C12H8S4Se6/c1-13-6-7(14-2)20-11(19-6)12-21-8-9(22-12)16-5(15-8)10-17-3-4-18-10/h3-4H,1-2H3. The molecule has 0 aromatic heterocycles. The van der Waals surface area contributed by atoms with E-state index < -0.39 is 0 Å². The molecule has 0 saturated heterocycles. The normalized spacial score (nSPS) is 24.6. The van der Waals surface area contributed by atoms with Crippen LogP contribution in [0.4, 0.5) is 0 Å². The Labute approximate surface area is 185 Å². The van der Waals surface area contributed by atoms with Gasteiger partial charge in [0.2, 0.25) is 0 Å². The van der Waals surface area contributed by atoms with Gasteiger partial charge in [0.1, 0.15) is 0 Å². The monoisotopic (exact) mass is 759 g/mol. The number of thioether (sulfide) groups is 4. The summed E-state index contributed by atoms with van der Waals surface area (Å²) in [4.78, 5) is 4.85. The second-order valence-corrected chi connectivity index (χ2v) is 26.4. The Kier molecular flexibility index (Phi) is 7.17. The molecule has 0 aliphatic carbocycles. The third-order valence-corrected chi connectivity index (χ3v) is 33.2. The van der Waals surface area contributed by atoms with Crippen molar-refractivity contribution < 1.29 is 0 Å². The zero-order valence-electron chi connectivity index (χ0n) is 11.2. The molecule has 0 atom stereocenters. The summed E-state index contributed by atoms with van der Waals surface area (Å²) in [6, 6.07) is 0. The minimum absolute atomic E-state index is 0.675. The van der Waals surface area contributed by atoms with Crippen LogP contribution in [0.3, 0.4) is 0 Å². The molecule has 4 rings (SSSR count). The van der Waals surface area contributed by atoms with E-state index in [9.17, 15) is 0 Å². The summed E-state index contributed by atoms with van der Waals surface area (Å²) in [6.45, 7) is 0. The first-order chi connectivity index (χ1) is 10.8. The van der Waals surface area contributed by atoms with E-state index in [-0.39, 0.29) is 0 Å². The summed E-state index contributed by atoms with van der Waals surface area (Å²) in [5.74, 6) is 0. The van der Waals surface area contributed by atoms with E-state index in [2.05, 4.69) is 46.0 Å². The molecule has 0 fully saturated rings. The van der Waals surface area contributed by atoms with E-state index >= 15 is 0 Å². The molecule has 0 aromatic rings. The average molecular weight is 754 g/mol. The molecule has 116 valence electrons. The molecule has 22 heavy (non-hydrogen) atoms. The molecule has 0 spiro atoms. The minimum atomic E-state index is 0.675. The van der Waals surface area contributed by atoms with Gasteiger partial charge in [-0.1, -0.05) is 0 Å². The molecule has 0 aromatic carbocycles. The van der Waals surface area contributed by atoms with Crippen molar-refractivity contribution >= 4 is 137 Å². The Morgan fingerprint density at radius 1 is 0.727 bits per heavy atom. The van der Waals surface area contributed by atoms with Gasteiger partial charge in [-0.2, -0.15) is 0 Å². The quantitative estimate of drug-likeness (QED) is 0.398. The van der Waals surface area contributed by atoms with Crippen LogP contribution < -0.4 is 0 Å². The fourth-order valence-electron chi connectivity index (χ4n) is 1.66. The zero-order valence-corrected chi connectivity index (χ0v) is 24.8. The molecule has 0 unspecified atom stereocenters. The Morgan fingerprint density at radius 3 is 1.73 bits per heavy atom. The van der Waals surface area contributed by atoms with E-state index in [0.29, 0.717) is 89.7 Å². The maximum absolute atomic E-state index is 2.42.